The minimum atomic E-state index is 0.0490. The van der Waals surface area contributed by atoms with Crippen LogP contribution in [0.4, 0.5) is 0 Å². The minimum absolute atomic E-state index is 0.0490. The molecular formula is C21H22N2O4Se2. The third-order valence-electron chi connectivity index (χ3n) is 4.93. The van der Waals surface area contributed by atoms with E-state index in [0.717, 1.165) is 63.1 Å². The quantitative estimate of drug-likeness (QED) is 0.262. The summed E-state index contributed by atoms with van der Waals surface area (Å²) in [5.74, 6) is 1.45. The maximum absolute atomic E-state index is 12.6. The second-order valence-electron chi connectivity index (χ2n) is 6.78. The van der Waals surface area contributed by atoms with Crippen LogP contribution in [0, 0.1) is 0 Å². The Morgan fingerprint density at radius 2 is 1.17 bits per heavy atom. The number of ether oxygens (including phenoxy) is 2. The van der Waals surface area contributed by atoms with Gasteiger partial charge in [-0.25, -0.2) is 0 Å². The van der Waals surface area contributed by atoms with Crippen molar-refractivity contribution in [2.45, 2.75) is 32.4 Å². The Kier molecular flexibility index (Phi) is 6.16. The number of nitrogens with zero attached hydrogens (tertiary/aromatic N) is 2. The van der Waals surface area contributed by atoms with Gasteiger partial charge in [0.15, 0.2) is 0 Å². The van der Waals surface area contributed by atoms with E-state index in [4.69, 9.17) is 9.47 Å². The molecular weight excluding hydrogens is 502 g/mol. The van der Waals surface area contributed by atoms with Crippen LogP contribution in [0.25, 0.3) is 19.3 Å². The van der Waals surface area contributed by atoms with Crippen LogP contribution in [0.1, 0.15) is 19.3 Å². The van der Waals surface area contributed by atoms with Gasteiger partial charge in [-0.05, 0) is 0 Å². The molecule has 152 valence electrons. The molecule has 8 heteroatoms. The van der Waals surface area contributed by atoms with Gasteiger partial charge in [0.25, 0.3) is 0 Å². The monoisotopic (exact) mass is 526 g/mol. The van der Waals surface area contributed by atoms with Crippen LogP contribution in [0.3, 0.4) is 0 Å². The molecule has 0 radical (unpaired) electrons. The number of unbranched alkanes of at least 4 members (excludes halogenated alkanes) is 2. The Bertz CT molecular complexity index is 1170. The van der Waals surface area contributed by atoms with E-state index in [1.165, 1.54) is 0 Å². The summed E-state index contributed by atoms with van der Waals surface area (Å²) in [6, 6.07) is 11.5. The van der Waals surface area contributed by atoms with Gasteiger partial charge in [0, 0.05) is 0 Å². The second-order valence-corrected chi connectivity index (χ2v) is 11.2. The molecule has 0 N–H and O–H groups in total. The van der Waals surface area contributed by atoms with E-state index in [0.29, 0.717) is 0 Å². The number of methoxy groups -OCH3 is 2. The van der Waals surface area contributed by atoms with Crippen molar-refractivity contribution in [2.24, 2.45) is 0 Å². The van der Waals surface area contributed by atoms with E-state index in [2.05, 4.69) is 0 Å². The number of benzene rings is 2. The van der Waals surface area contributed by atoms with Gasteiger partial charge in [-0.15, -0.1) is 0 Å². The summed E-state index contributed by atoms with van der Waals surface area (Å²) in [5, 5.41) is 1.56. The molecule has 0 fully saturated rings. The summed E-state index contributed by atoms with van der Waals surface area (Å²) in [7, 11) is 3.23. The van der Waals surface area contributed by atoms with Gasteiger partial charge in [0.1, 0.15) is 0 Å². The molecule has 0 atom stereocenters. The molecule has 0 spiro atoms. The molecule has 2 heterocycles. The van der Waals surface area contributed by atoms with Crippen molar-refractivity contribution < 1.29 is 9.47 Å². The molecule has 0 aliphatic rings. The van der Waals surface area contributed by atoms with Gasteiger partial charge >= 0.3 is 181 Å². The standard InChI is InChI=1S/C21H22N2O4Se2/c1-26-14-6-8-18-16(12-14)20(24)22(28-18)10-4-3-5-11-23-21(25)17-13-15(27-2)7-9-19(17)29-23/h6-9,12-13H,3-5,10-11H2,1-2H3. The Morgan fingerprint density at radius 1 is 0.724 bits per heavy atom. The van der Waals surface area contributed by atoms with E-state index in [9.17, 15) is 9.59 Å². The third-order valence-corrected chi connectivity index (χ3v) is 9.63. The number of hydrogen-bond donors (Lipinski definition) is 0. The first-order valence-corrected chi connectivity index (χ1v) is 12.7. The van der Waals surface area contributed by atoms with Crippen molar-refractivity contribution in [3.8, 4) is 11.5 Å². The number of fused-ring (bicyclic) bond motifs is 2. The van der Waals surface area contributed by atoms with Crippen molar-refractivity contribution in [3.05, 3.63) is 57.1 Å². The van der Waals surface area contributed by atoms with Gasteiger partial charge < -0.3 is 0 Å². The molecule has 29 heavy (non-hydrogen) atoms. The fourth-order valence-electron chi connectivity index (χ4n) is 3.34. The summed E-state index contributed by atoms with van der Waals surface area (Å²) in [6.45, 7) is 1.54. The molecule has 6 nitrogen and oxygen atoms in total. The summed E-state index contributed by atoms with van der Waals surface area (Å²) >= 11 is 0.0981. The third kappa shape index (κ3) is 4.17. The molecule has 0 aliphatic heterocycles. The first kappa shape index (κ1) is 20.3. The summed E-state index contributed by atoms with van der Waals surface area (Å²) in [5.41, 5.74) is 0.225. The van der Waals surface area contributed by atoms with Gasteiger partial charge in [-0.2, -0.15) is 0 Å². The van der Waals surface area contributed by atoms with Crippen LogP contribution in [0.15, 0.2) is 46.0 Å². The Balaban J connectivity index is 1.36. The van der Waals surface area contributed by atoms with Crippen LogP contribution in [0.5, 0.6) is 11.5 Å². The SMILES string of the molecule is COc1ccc2[se]n(CCCCCn3[se]c4ccc(OC)cc4c3=O)c(=O)c2c1. The average molecular weight is 524 g/mol. The molecule has 0 amide bonds. The van der Waals surface area contributed by atoms with Gasteiger partial charge in [-0.3, -0.25) is 0 Å². The van der Waals surface area contributed by atoms with Crippen molar-refractivity contribution in [3.63, 3.8) is 0 Å². The second kappa shape index (κ2) is 8.80. The molecule has 0 saturated heterocycles. The van der Waals surface area contributed by atoms with Crippen molar-refractivity contribution in [1.29, 1.82) is 0 Å². The van der Waals surface area contributed by atoms with E-state index in [1.807, 2.05) is 43.5 Å². The fraction of sp³-hybridized carbons (Fsp3) is 0.333. The molecule has 0 aliphatic carbocycles. The first-order valence-electron chi connectivity index (χ1n) is 9.46. The molecule has 0 bridgehead atoms. The predicted octanol–water partition coefficient (Wildman–Crippen LogP) is 2.32. The van der Waals surface area contributed by atoms with Crippen LogP contribution in [-0.2, 0) is 13.1 Å². The van der Waals surface area contributed by atoms with Crippen molar-refractivity contribution in [2.75, 3.05) is 14.2 Å². The molecule has 4 aromatic rings. The van der Waals surface area contributed by atoms with Crippen LogP contribution >= 0.6 is 0 Å². The Labute approximate surface area is 180 Å². The molecule has 0 saturated carbocycles. The first-order chi connectivity index (χ1) is 14.1. The molecule has 2 aromatic heterocycles. The molecule has 2 aromatic carbocycles. The summed E-state index contributed by atoms with van der Waals surface area (Å²) in [6.07, 6.45) is 2.90. The number of rotatable bonds is 8. The van der Waals surface area contributed by atoms with E-state index >= 15 is 0 Å². The van der Waals surface area contributed by atoms with Crippen LogP contribution in [0.2, 0.25) is 0 Å². The average Bonchev–Trinajstić information content (AvgIpc) is 3.23. The normalized spacial score (nSPS) is 11.4. The summed E-state index contributed by atoms with van der Waals surface area (Å²) < 4.78 is 16.6. The Morgan fingerprint density at radius 3 is 1.59 bits per heavy atom. The molecule has 0 unspecified atom stereocenters. The van der Waals surface area contributed by atoms with E-state index in [1.54, 1.807) is 14.2 Å². The van der Waals surface area contributed by atoms with Gasteiger partial charge in [-0.1, -0.05) is 0 Å². The van der Waals surface area contributed by atoms with Gasteiger partial charge in [0.2, 0.25) is 0 Å². The maximum atomic E-state index is 12.6. The zero-order valence-electron chi connectivity index (χ0n) is 16.3. The van der Waals surface area contributed by atoms with Crippen molar-refractivity contribution in [1.82, 2.24) is 7.12 Å². The number of hydrogen-bond acceptors (Lipinski definition) is 4. The fourth-order valence-corrected chi connectivity index (χ4v) is 7.59. The Hall–Kier alpha value is -1.98. The molecule has 4 rings (SSSR count). The van der Waals surface area contributed by atoms with Crippen LogP contribution in [-0.4, -0.2) is 50.8 Å². The van der Waals surface area contributed by atoms with Crippen molar-refractivity contribution >= 4 is 48.8 Å². The van der Waals surface area contributed by atoms with E-state index in [-0.39, 0.29) is 40.6 Å². The van der Waals surface area contributed by atoms with E-state index < -0.39 is 0 Å². The summed E-state index contributed by atoms with van der Waals surface area (Å²) in [4.78, 5) is 25.2. The topological polar surface area (TPSA) is 62.5 Å². The zero-order valence-corrected chi connectivity index (χ0v) is 19.8. The number of aromatic nitrogens is 2. The van der Waals surface area contributed by atoms with Gasteiger partial charge in [0.05, 0.1) is 0 Å². The zero-order chi connectivity index (χ0) is 20.4. The van der Waals surface area contributed by atoms with Crippen LogP contribution < -0.4 is 20.6 Å². The number of aryl methyl sites for hydroxylation is 2. The predicted molar refractivity (Wildman–Crippen MR) is 117 cm³/mol.